The lowest BCUT2D eigenvalue weighted by Gasteiger charge is -2.02. The quantitative estimate of drug-likeness (QED) is 0.714. The summed E-state index contributed by atoms with van der Waals surface area (Å²) >= 11 is 5.54. The van der Waals surface area contributed by atoms with Crippen LogP contribution in [0.3, 0.4) is 0 Å². The Morgan fingerprint density at radius 1 is 1.62 bits per heavy atom. The van der Waals surface area contributed by atoms with E-state index in [9.17, 15) is 12.3 Å². The first-order chi connectivity index (χ1) is 5.95. The van der Waals surface area contributed by atoms with Crippen LogP contribution in [0.5, 0.6) is 5.75 Å². The van der Waals surface area contributed by atoms with E-state index in [0.717, 1.165) is 12.3 Å². The van der Waals surface area contributed by atoms with Gasteiger partial charge in [-0.05, 0) is 0 Å². The summed E-state index contributed by atoms with van der Waals surface area (Å²) in [7, 11) is -3.51. The summed E-state index contributed by atoms with van der Waals surface area (Å²) in [6.07, 6.45) is 1.01. The molecule has 0 bridgehead atoms. The first kappa shape index (κ1) is 10.2. The third kappa shape index (κ3) is 2.28. The van der Waals surface area contributed by atoms with Gasteiger partial charge in [0.25, 0.3) is 0 Å². The van der Waals surface area contributed by atoms with Gasteiger partial charge in [-0.25, -0.2) is 4.98 Å². The number of aromatic nitrogens is 1. The smallest absolute Gasteiger partial charge is 0.349 e. The van der Waals surface area contributed by atoms with E-state index >= 15 is 0 Å². The lowest BCUT2D eigenvalue weighted by Crippen LogP contribution is -1.97. The maximum Gasteiger partial charge on any atom is 0.349 e. The minimum absolute atomic E-state index is 0.0629. The summed E-state index contributed by atoms with van der Waals surface area (Å²) in [5, 5.41) is -0.594. The maximum atomic E-state index is 12.4. The summed E-state index contributed by atoms with van der Waals surface area (Å²) < 4.78 is 37.8. The highest BCUT2D eigenvalue weighted by molar-refractivity contribution is 7.86. The largest absolute Gasteiger partial charge is 0.495 e. The monoisotopic (exact) mass is 225 g/mol. The van der Waals surface area contributed by atoms with E-state index in [-0.39, 0.29) is 10.8 Å². The van der Waals surface area contributed by atoms with Crippen molar-refractivity contribution in [1.29, 1.82) is 0 Å². The van der Waals surface area contributed by atoms with Crippen molar-refractivity contribution in [3.8, 4) is 5.75 Å². The van der Waals surface area contributed by atoms with Crippen LogP contribution in [0.15, 0.2) is 17.3 Å². The number of pyridine rings is 1. The minimum atomic E-state index is -4.80. The highest BCUT2D eigenvalue weighted by Crippen LogP contribution is 2.25. The van der Waals surface area contributed by atoms with Crippen molar-refractivity contribution < 1.29 is 17.0 Å². The van der Waals surface area contributed by atoms with Crippen molar-refractivity contribution in [2.45, 2.75) is 5.03 Å². The van der Waals surface area contributed by atoms with Crippen LogP contribution in [0, 0.1) is 0 Å². The number of rotatable bonds is 2. The molecule has 1 aromatic rings. The second kappa shape index (κ2) is 3.47. The molecule has 0 aliphatic heterocycles. The summed E-state index contributed by atoms with van der Waals surface area (Å²) in [6, 6.07) is 0.914. The highest BCUT2D eigenvalue weighted by Gasteiger charge is 2.15. The number of nitrogens with zero attached hydrogens (tertiary/aromatic N) is 1. The molecule has 1 rings (SSSR count). The summed E-state index contributed by atoms with van der Waals surface area (Å²) in [5.74, 6) is 0.0629. The van der Waals surface area contributed by atoms with Crippen LogP contribution < -0.4 is 4.74 Å². The van der Waals surface area contributed by atoms with Gasteiger partial charge in [0.2, 0.25) is 0 Å². The van der Waals surface area contributed by atoms with E-state index in [2.05, 4.69) is 9.72 Å². The lowest BCUT2D eigenvalue weighted by atomic mass is 10.4. The van der Waals surface area contributed by atoms with Crippen molar-refractivity contribution in [3.63, 3.8) is 0 Å². The van der Waals surface area contributed by atoms with Gasteiger partial charge in [-0.2, -0.15) is 8.42 Å². The molecule has 13 heavy (non-hydrogen) atoms. The standard InChI is InChI=1S/C6H5ClFNO3S/c1-12-5-2-6(13(8,10)11)9-3-4(5)7/h2-3H,1H3. The zero-order valence-corrected chi connectivity index (χ0v) is 8.06. The molecule has 0 fully saturated rings. The molecule has 0 saturated carbocycles. The van der Waals surface area contributed by atoms with E-state index < -0.39 is 15.2 Å². The van der Waals surface area contributed by atoms with Crippen LogP contribution in [0.2, 0.25) is 5.02 Å². The number of hydrogen-bond acceptors (Lipinski definition) is 4. The third-order valence-corrected chi connectivity index (χ3v) is 2.27. The Morgan fingerprint density at radius 3 is 2.69 bits per heavy atom. The molecule has 0 unspecified atom stereocenters. The Balaban J connectivity index is 3.30. The van der Waals surface area contributed by atoms with Crippen molar-refractivity contribution >= 4 is 21.8 Å². The Labute approximate surface area is 79.5 Å². The molecular formula is C6H5ClFNO3S. The molecule has 7 heteroatoms. The van der Waals surface area contributed by atoms with Gasteiger partial charge in [-0.3, -0.25) is 0 Å². The van der Waals surface area contributed by atoms with Gasteiger partial charge in [0, 0.05) is 6.07 Å². The summed E-state index contributed by atoms with van der Waals surface area (Å²) in [4.78, 5) is 3.28. The second-order valence-electron chi connectivity index (χ2n) is 2.09. The van der Waals surface area contributed by atoms with E-state index in [1.165, 1.54) is 7.11 Å². The van der Waals surface area contributed by atoms with Crippen LogP contribution in [0.1, 0.15) is 0 Å². The molecule has 1 aromatic heterocycles. The van der Waals surface area contributed by atoms with Gasteiger partial charge in [-0.15, -0.1) is 0 Å². The fourth-order valence-corrected chi connectivity index (χ4v) is 1.30. The van der Waals surface area contributed by atoms with Crippen molar-refractivity contribution in [2.24, 2.45) is 0 Å². The predicted molar refractivity (Wildman–Crippen MR) is 44.1 cm³/mol. The first-order valence-electron chi connectivity index (χ1n) is 3.09. The first-order valence-corrected chi connectivity index (χ1v) is 4.85. The van der Waals surface area contributed by atoms with Gasteiger partial charge in [0.05, 0.1) is 13.3 Å². The molecule has 0 saturated heterocycles. The number of hydrogen-bond donors (Lipinski definition) is 0. The maximum absolute atomic E-state index is 12.4. The molecule has 1 heterocycles. The second-order valence-corrected chi connectivity index (χ2v) is 3.80. The molecule has 0 amide bonds. The molecule has 0 spiro atoms. The molecule has 0 aliphatic carbocycles. The Bertz CT molecular complexity index is 420. The SMILES string of the molecule is COc1cc(S(=O)(=O)F)ncc1Cl. The number of ether oxygens (including phenoxy) is 1. The van der Waals surface area contributed by atoms with Gasteiger partial charge in [0.1, 0.15) is 10.8 Å². The van der Waals surface area contributed by atoms with E-state index in [4.69, 9.17) is 11.6 Å². The van der Waals surface area contributed by atoms with Crippen LogP contribution >= 0.6 is 11.6 Å². The van der Waals surface area contributed by atoms with Crippen molar-refractivity contribution in [2.75, 3.05) is 7.11 Å². The molecule has 0 radical (unpaired) electrons. The van der Waals surface area contributed by atoms with Crippen molar-refractivity contribution in [3.05, 3.63) is 17.3 Å². The lowest BCUT2D eigenvalue weighted by molar-refractivity contribution is 0.412. The fraction of sp³-hybridized carbons (Fsp3) is 0.167. The van der Waals surface area contributed by atoms with Crippen LogP contribution in [0.25, 0.3) is 0 Å². The Kier molecular flexibility index (Phi) is 2.72. The van der Waals surface area contributed by atoms with Gasteiger partial charge in [-0.1, -0.05) is 15.5 Å². The fourth-order valence-electron chi connectivity index (χ4n) is 0.692. The van der Waals surface area contributed by atoms with Gasteiger partial charge in [0.15, 0.2) is 5.03 Å². The number of methoxy groups -OCH3 is 1. The molecule has 72 valence electrons. The summed E-state index contributed by atoms with van der Waals surface area (Å²) in [5.41, 5.74) is 0. The van der Waals surface area contributed by atoms with Crippen molar-refractivity contribution in [1.82, 2.24) is 4.98 Å². The highest BCUT2D eigenvalue weighted by atomic mass is 35.5. The van der Waals surface area contributed by atoms with E-state index in [1.807, 2.05) is 0 Å². The minimum Gasteiger partial charge on any atom is -0.495 e. The zero-order chi connectivity index (χ0) is 10.1. The van der Waals surface area contributed by atoms with E-state index in [1.54, 1.807) is 0 Å². The molecule has 4 nitrogen and oxygen atoms in total. The molecule has 0 aromatic carbocycles. The van der Waals surface area contributed by atoms with Gasteiger partial charge >= 0.3 is 10.2 Å². The third-order valence-electron chi connectivity index (χ3n) is 1.26. The van der Waals surface area contributed by atoms with Crippen LogP contribution in [-0.4, -0.2) is 20.5 Å². The predicted octanol–water partition coefficient (Wildman–Crippen LogP) is 1.40. The molecule has 0 N–H and O–H groups in total. The Hall–Kier alpha value is -0.880. The summed E-state index contributed by atoms with van der Waals surface area (Å²) in [6.45, 7) is 0. The molecular weight excluding hydrogens is 221 g/mol. The van der Waals surface area contributed by atoms with Crippen LogP contribution in [-0.2, 0) is 10.2 Å². The molecule has 0 aliphatic rings. The van der Waals surface area contributed by atoms with Gasteiger partial charge < -0.3 is 4.74 Å². The van der Waals surface area contributed by atoms with Crippen LogP contribution in [0.4, 0.5) is 3.89 Å². The normalized spacial score (nSPS) is 11.3. The topological polar surface area (TPSA) is 56.3 Å². The Morgan fingerprint density at radius 2 is 2.23 bits per heavy atom. The zero-order valence-electron chi connectivity index (χ0n) is 6.49. The average molecular weight is 226 g/mol. The van der Waals surface area contributed by atoms with E-state index in [0.29, 0.717) is 0 Å². The average Bonchev–Trinajstić information content (AvgIpc) is 2.03. The number of halogens is 2. The molecule has 0 atom stereocenters.